The molecule has 0 aliphatic carbocycles. The molecule has 3 rings (SSSR count). The van der Waals surface area contributed by atoms with Crippen molar-refractivity contribution in [3.63, 3.8) is 0 Å². The molecule has 0 atom stereocenters. The summed E-state index contributed by atoms with van der Waals surface area (Å²) >= 11 is 0. The molecular weight excluding hydrogens is 388 g/mol. The molecule has 160 valence electrons. The molecule has 3 aromatic carbocycles. The van der Waals surface area contributed by atoms with Crippen molar-refractivity contribution in [3.8, 4) is 11.5 Å². The van der Waals surface area contributed by atoms with Gasteiger partial charge in [0.15, 0.2) is 11.6 Å². The maximum Gasteiger partial charge on any atom is 0.193 e. The van der Waals surface area contributed by atoms with E-state index in [4.69, 9.17) is 16.2 Å². The highest BCUT2D eigenvalue weighted by molar-refractivity contribution is 6.11. The summed E-state index contributed by atoms with van der Waals surface area (Å²) in [5, 5.41) is 0. The number of carbonyl (C=O) groups excluding carboxylic acids is 2. The minimum Gasteiger partial charge on any atom is -0.457 e. The largest absolute Gasteiger partial charge is 0.457 e. The molecule has 0 amide bonds. The summed E-state index contributed by atoms with van der Waals surface area (Å²) < 4.78 is 5.86. The fourth-order valence-corrected chi connectivity index (χ4v) is 3.10. The van der Waals surface area contributed by atoms with Crippen molar-refractivity contribution in [2.24, 2.45) is 11.5 Å². The van der Waals surface area contributed by atoms with Crippen molar-refractivity contribution in [2.45, 2.75) is 38.8 Å². The molecule has 0 saturated heterocycles. The molecule has 0 aliphatic rings. The van der Waals surface area contributed by atoms with Gasteiger partial charge in [-0.25, -0.2) is 0 Å². The van der Waals surface area contributed by atoms with E-state index in [-0.39, 0.29) is 11.6 Å². The summed E-state index contributed by atoms with van der Waals surface area (Å²) in [5.41, 5.74) is 13.0. The maximum atomic E-state index is 12.9. The fraction of sp³-hybridized carbons (Fsp3) is 0.231. The Bertz CT molecular complexity index is 1090. The second kappa shape index (κ2) is 8.46. The minimum absolute atomic E-state index is 0.175. The normalized spacial score (nSPS) is 11.8. The van der Waals surface area contributed by atoms with E-state index in [1.165, 1.54) is 0 Å². The number of Topliss-reactive ketones (excluding diaryl/α,β-unsaturated/α-hetero) is 1. The second-order valence-corrected chi connectivity index (χ2v) is 8.83. The van der Waals surface area contributed by atoms with Crippen LogP contribution in [0.25, 0.3) is 0 Å². The summed E-state index contributed by atoms with van der Waals surface area (Å²) in [6, 6.07) is 21.1. The smallest absolute Gasteiger partial charge is 0.193 e. The lowest BCUT2D eigenvalue weighted by molar-refractivity contribution is 0.0913. The first kappa shape index (κ1) is 22.4. The average Bonchev–Trinajstić information content (AvgIpc) is 2.72. The number of hydrogen-bond acceptors (Lipinski definition) is 5. The Morgan fingerprint density at radius 2 is 1.23 bits per heavy atom. The molecule has 0 saturated carbocycles. The fourth-order valence-electron chi connectivity index (χ4n) is 3.10. The van der Waals surface area contributed by atoms with E-state index >= 15 is 0 Å². The van der Waals surface area contributed by atoms with Crippen molar-refractivity contribution in [1.29, 1.82) is 0 Å². The van der Waals surface area contributed by atoms with E-state index < -0.39 is 11.1 Å². The molecule has 0 fully saturated rings. The first-order valence-corrected chi connectivity index (χ1v) is 10.1. The van der Waals surface area contributed by atoms with Crippen LogP contribution in [0.2, 0.25) is 0 Å². The SMILES string of the molecule is CC(C)(N)C(=O)c1cccc(C(=O)c2ccc(Oc3ccc(C(C)(C)N)cc3)cc2)c1. The molecule has 5 heteroatoms. The molecule has 31 heavy (non-hydrogen) atoms. The molecule has 5 nitrogen and oxygen atoms in total. The molecule has 0 aromatic heterocycles. The first-order valence-electron chi connectivity index (χ1n) is 10.1. The third kappa shape index (κ3) is 5.45. The van der Waals surface area contributed by atoms with Crippen LogP contribution in [-0.4, -0.2) is 17.1 Å². The van der Waals surface area contributed by atoms with Crippen LogP contribution in [0.1, 0.15) is 59.5 Å². The van der Waals surface area contributed by atoms with Gasteiger partial charge in [-0.05, 0) is 75.7 Å². The number of carbonyl (C=O) groups is 2. The predicted molar refractivity (Wildman–Crippen MR) is 123 cm³/mol. The van der Waals surface area contributed by atoms with Crippen LogP contribution in [0.5, 0.6) is 11.5 Å². The number of ether oxygens (including phenoxy) is 1. The van der Waals surface area contributed by atoms with Gasteiger partial charge in [-0.2, -0.15) is 0 Å². The summed E-state index contributed by atoms with van der Waals surface area (Å²) in [7, 11) is 0. The van der Waals surface area contributed by atoms with Crippen molar-refractivity contribution in [1.82, 2.24) is 0 Å². The van der Waals surface area contributed by atoms with Gasteiger partial charge in [0, 0.05) is 22.2 Å². The van der Waals surface area contributed by atoms with Crippen molar-refractivity contribution < 1.29 is 14.3 Å². The molecule has 0 aliphatic heterocycles. The lowest BCUT2D eigenvalue weighted by Crippen LogP contribution is -2.41. The molecule has 0 bridgehead atoms. The van der Waals surface area contributed by atoms with Crippen molar-refractivity contribution in [2.75, 3.05) is 0 Å². The Kier molecular flexibility index (Phi) is 6.11. The van der Waals surface area contributed by atoms with Gasteiger partial charge in [-0.1, -0.05) is 30.3 Å². The summed E-state index contributed by atoms with van der Waals surface area (Å²) in [6.07, 6.45) is 0. The standard InChI is InChI=1S/C26H28N2O3/c1-25(2,27)20-10-14-22(15-11-20)31-21-12-8-17(9-13-21)23(29)18-6-5-7-19(16-18)24(30)26(3,4)28/h5-16H,27-28H2,1-4H3. The zero-order valence-corrected chi connectivity index (χ0v) is 18.3. The van der Waals surface area contributed by atoms with Crippen LogP contribution in [0.15, 0.2) is 72.8 Å². The van der Waals surface area contributed by atoms with Gasteiger partial charge in [0.05, 0.1) is 5.54 Å². The average molecular weight is 417 g/mol. The third-order valence-electron chi connectivity index (χ3n) is 4.92. The maximum absolute atomic E-state index is 12.9. The van der Waals surface area contributed by atoms with Crippen LogP contribution in [-0.2, 0) is 5.54 Å². The van der Waals surface area contributed by atoms with Gasteiger partial charge in [0.1, 0.15) is 11.5 Å². The first-order chi connectivity index (χ1) is 14.4. The highest BCUT2D eigenvalue weighted by Crippen LogP contribution is 2.25. The van der Waals surface area contributed by atoms with E-state index in [1.54, 1.807) is 62.4 Å². The Morgan fingerprint density at radius 3 is 1.74 bits per heavy atom. The monoisotopic (exact) mass is 416 g/mol. The lowest BCUT2D eigenvalue weighted by atomic mass is 9.92. The molecule has 0 radical (unpaired) electrons. The van der Waals surface area contributed by atoms with Crippen molar-refractivity contribution >= 4 is 11.6 Å². The van der Waals surface area contributed by atoms with Gasteiger partial charge in [0.25, 0.3) is 0 Å². The molecule has 3 aromatic rings. The lowest BCUT2D eigenvalue weighted by Gasteiger charge is -2.19. The summed E-state index contributed by atoms with van der Waals surface area (Å²) in [5.74, 6) is 0.910. The quantitative estimate of drug-likeness (QED) is 0.538. The molecule has 0 heterocycles. The van der Waals surface area contributed by atoms with Gasteiger partial charge in [0.2, 0.25) is 0 Å². The molecular formula is C26H28N2O3. The third-order valence-corrected chi connectivity index (χ3v) is 4.92. The van der Waals surface area contributed by atoms with Crippen LogP contribution >= 0.6 is 0 Å². The van der Waals surface area contributed by atoms with Crippen molar-refractivity contribution in [3.05, 3.63) is 95.1 Å². The van der Waals surface area contributed by atoms with Gasteiger partial charge < -0.3 is 16.2 Å². The molecule has 0 unspecified atom stereocenters. The Hall–Kier alpha value is -3.28. The minimum atomic E-state index is -1.00. The van der Waals surface area contributed by atoms with Gasteiger partial charge >= 0.3 is 0 Å². The van der Waals surface area contributed by atoms with Crippen LogP contribution in [0.4, 0.5) is 0 Å². The number of hydrogen-bond donors (Lipinski definition) is 2. The predicted octanol–water partition coefficient (Wildman–Crippen LogP) is 4.82. The number of rotatable bonds is 7. The highest BCUT2D eigenvalue weighted by Gasteiger charge is 2.24. The Balaban J connectivity index is 1.74. The van der Waals surface area contributed by atoms with E-state index in [0.717, 1.165) is 5.56 Å². The van der Waals surface area contributed by atoms with Gasteiger partial charge in [-0.15, -0.1) is 0 Å². The second-order valence-electron chi connectivity index (χ2n) is 8.83. The van der Waals surface area contributed by atoms with E-state index in [0.29, 0.717) is 28.2 Å². The highest BCUT2D eigenvalue weighted by atomic mass is 16.5. The topological polar surface area (TPSA) is 95.4 Å². The molecule has 0 spiro atoms. The zero-order valence-electron chi connectivity index (χ0n) is 18.3. The Labute approximate surface area is 183 Å². The zero-order chi connectivity index (χ0) is 22.8. The molecule has 4 N–H and O–H groups in total. The van der Waals surface area contributed by atoms with Crippen LogP contribution < -0.4 is 16.2 Å². The van der Waals surface area contributed by atoms with E-state index in [9.17, 15) is 9.59 Å². The summed E-state index contributed by atoms with van der Waals surface area (Å²) in [6.45, 7) is 7.18. The number of benzene rings is 3. The number of ketones is 2. The van der Waals surface area contributed by atoms with E-state index in [2.05, 4.69) is 0 Å². The Morgan fingerprint density at radius 1 is 0.710 bits per heavy atom. The van der Waals surface area contributed by atoms with Crippen LogP contribution in [0, 0.1) is 0 Å². The van der Waals surface area contributed by atoms with Crippen LogP contribution in [0.3, 0.4) is 0 Å². The number of nitrogens with two attached hydrogens (primary N) is 2. The van der Waals surface area contributed by atoms with E-state index in [1.807, 2.05) is 38.1 Å². The summed E-state index contributed by atoms with van der Waals surface area (Å²) in [4.78, 5) is 25.3. The van der Waals surface area contributed by atoms with Gasteiger partial charge in [-0.3, -0.25) is 9.59 Å².